The summed E-state index contributed by atoms with van der Waals surface area (Å²) in [6, 6.07) is 0.314. The highest BCUT2D eigenvalue weighted by Crippen LogP contribution is 2.22. The number of rotatable bonds is 3. The van der Waals surface area contributed by atoms with E-state index in [0.717, 1.165) is 19.3 Å². The van der Waals surface area contributed by atoms with E-state index in [4.69, 9.17) is 16.2 Å². The van der Waals surface area contributed by atoms with E-state index in [1.165, 1.54) is 0 Å². The SMILES string of the molecule is NC[C@H]1CC[C@@H](C(=O)NC2CC2N)O1. The lowest BCUT2D eigenvalue weighted by molar-refractivity contribution is -0.132. The Labute approximate surface area is 83.2 Å². The van der Waals surface area contributed by atoms with E-state index in [0.29, 0.717) is 6.54 Å². The summed E-state index contributed by atoms with van der Waals surface area (Å²) in [4.78, 5) is 11.6. The third-order valence-electron chi connectivity index (χ3n) is 2.83. The summed E-state index contributed by atoms with van der Waals surface area (Å²) in [7, 11) is 0. The van der Waals surface area contributed by atoms with Crippen molar-refractivity contribution in [2.75, 3.05) is 6.54 Å². The zero-order valence-electron chi connectivity index (χ0n) is 8.11. The second-order valence-corrected chi connectivity index (χ2v) is 4.07. The first kappa shape index (κ1) is 9.89. The Balaban J connectivity index is 1.75. The summed E-state index contributed by atoms with van der Waals surface area (Å²) in [5, 5.41) is 2.86. The standard InChI is InChI=1S/C9H17N3O2/c10-4-5-1-2-8(14-5)9(13)12-7-3-6(7)11/h5-8H,1-4,10-11H2,(H,12,13)/t5-,6?,7?,8+/m1/s1. The van der Waals surface area contributed by atoms with Crippen LogP contribution in [0.4, 0.5) is 0 Å². The molecule has 1 aliphatic heterocycles. The van der Waals surface area contributed by atoms with Crippen molar-refractivity contribution in [3.63, 3.8) is 0 Å². The second kappa shape index (κ2) is 3.84. The Morgan fingerprint density at radius 2 is 2.21 bits per heavy atom. The number of carbonyl (C=O) groups excluding carboxylic acids is 1. The molecular formula is C9H17N3O2. The van der Waals surface area contributed by atoms with Gasteiger partial charge in [0.15, 0.2) is 0 Å². The molecule has 80 valence electrons. The fourth-order valence-corrected chi connectivity index (χ4v) is 1.73. The summed E-state index contributed by atoms with van der Waals surface area (Å²) in [5.74, 6) is -0.0288. The summed E-state index contributed by atoms with van der Waals surface area (Å²) in [5.41, 5.74) is 11.0. The first-order valence-electron chi connectivity index (χ1n) is 5.12. The number of hydrogen-bond acceptors (Lipinski definition) is 4. The van der Waals surface area contributed by atoms with Crippen molar-refractivity contribution in [1.82, 2.24) is 5.32 Å². The number of carbonyl (C=O) groups is 1. The van der Waals surface area contributed by atoms with Gasteiger partial charge in [0.25, 0.3) is 0 Å². The Morgan fingerprint density at radius 3 is 2.71 bits per heavy atom. The van der Waals surface area contributed by atoms with Crippen LogP contribution < -0.4 is 16.8 Å². The van der Waals surface area contributed by atoms with Gasteiger partial charge < -0.3 is 21.5 Å². The molecule has 2 fully saturated rings. The molecule has 0 bridgehead atoms. The van der Waals surface area contributed by atoms with Gasteiger partial charge in [0.2, 0.25) is 5.91 Å². The molecular weight excluding hydrogens is 182 g/mol. The van der Waals surface area contributed by atoms with Gasteiger partial charge in [-0.1, -0.05) is 0 Å². The minimum absolute atomic E-state index is 0.0288. The molecule has 4 atom stereocenters. The normalized spacial score (nSPS) is 41.0. The maximum Gasteiger partial charge on any atom is 0.249 e. The molecule has 5 heteroatoms. The second-order valence-electron chi connectivity index (χ2n) is 4.07. The highest BCUT2D eigenvalue weighted by Gasteiger charge is 2.38. The molecule has 0 spiro atoms. The van der Waals surface area contributed by atoms with Crippen molar-refractivity contribution in [3.05, 3.63) is 0 Å². The lowest BCUT2D eigenvalue weighted by Crippen LogP contribution is -2.38. The first-order chi connectivity index (χ1) is 6.70. The van der Waals surface area contributed by atoms with E-state index in [1.54, 1.807) is 0 Å². The average molecular weight is 199 g/mol. The topological polar surface area (TPSA) is 90.4 Å². The molecule has 1 saturated heterocycles. The van der Waals surface area contributed by atoms with E-state index in [1.807, 2.05) is 0 Å². The summed E-state index contributed by atoms with van der Waals surface area (Å²) in [6.07, 6.45) is 2.29. The van der Waals surface area contributed by atoms with Gasteiger partial charge in [0.05, 0.1) is 6.10 Å². The van der Waals surface area contributed by atoms with Gasteiger partial charge in [-0.25, -0.2) is 0 Å². The maximum atomic E-state index is 11.6. The van der Waals surface area contributed by atoms with Crippen molar-refractivity contribution < 1.29 is 9.53 Å². The number of ether oxygens (including phenoxy) is 1. The lowest BCUT2D eigenvalue weighted by atomic mass is 10.2. The van der Waals surface area contributed by atoms with Crippen LogP contribution in [0.1, 0.15) is 19.3 Å². The van der Waals surface area contributed by atoms with E-state index in [-0.39, 0.29) is 30.2 Å². The molecule has 5 nitrogen and oxygen atoms in total. The zero-order valence-corrected chi connectivity index (χ0v) is 8.11. The van der Waals surface area contributed by atoms with Gasteiger partial charge in [-0.05, 0) is 19.3 Å². The number of hydrogen-bond donors (Lipinski definition) is 3. The van der Waals surface area contributed by atoms with Crippen molar-refractivity contribution in [2.45, 2.75) is 43.6 Å². The summed E-state index contributed by atoms with van der Waals surface area (Å²) < 4.78 is 5.46. The van der Waals surface area contributed by atoms with Gasteiger partial charge in [-0.15, -0.1) is 0 Å². The zero-order chi connectivity index (χ0) is 10.1. The largest absolute Gasteiger partial charge is 0.364 e. The predicted octanol–water partition coefficient (Wildman–Crippen LogP) is -1.29. The highest BCUT2D eigenvalue weighted by molar-refractivity contribution is 5.81. The maximum absolute atomic E-state index is 11.6. The van der Waals surface area contributed by atoms with Crippen LogP contribution in [0.5, 0.6) is 0 Å². The van der Waals surface area contributed by atoms with E-state index in [9.17, 15) is 4.79 Å². The number of nitrogens with two attached hydrogens (primary N) is 2. The third-order valence-corrected chi connectivity index (χ3v) is 2.83. The monoisotopic (exact) mass is 199 g/mol. The fourth-order valence-electron chi connectivity index (χ4n) is 1.73. The number of amides is 1. The Bertz CT molecular complexity index is 234. The van der Waals surface area contributed by atoms with Crippen LogP contribution >= 0.6 is 0 Å². The summed E-state index contributed by atoms with van der Waals surface area (Å²) >= 11 is 0. The van der Waals surface area contributed by atoms with E-state index in [2.05, 4.69) is 5.32 Å². The smallest absolute Gasteiger partial charge is 0.249 e. The molecule has 1 amide bonds. The average Bonchev–Trinajstić information content (AvgIpc) is 2.72. The van der Waals surface area contributed by atoms with Crippen LogP contribution in [0.15, 0.2) is 0 Å². The van der Waals surface area contributed by atoms with Crippen LogP contribution in [0.2, 0.25) is 0 Å². The van der Waals surface area contributed by atoms with Gasteiger partial charge in [0, 0.05) is 18.6 Å². The Morgan fingerprint density at radius 1 is 1.50 bits per heavy atom. The third kappa shape index (κ3) is 2.05. The fraction of sp³-hybridized carbons (Fsp3) is 0.889. The molecule has 1 heterocycles. The molecule has 0 aromatic carbocycles. The summed E-state index contributed by atoms with van der Waals surface area (Å²) in [6.45, 7) is 0.493. The molecule has 0 radical (unpaired) electrons. The van der Waals surface area contributed by atoms with Crippen molar-refractivity contribution in [3.8, 4) is 0 Å². The van der Waals surface area contributed by atoms with Crippen LogP contribution in [-0.4, -0.2) is 36.7 Å². The molecule has 2 aliphatic rings. The van der Waals surface area contributed by atoms with E-state index < -0.39 is 0 Å². The van der Waals surface area contributed by atoms with Crippen LogP contribution in [0.25, 0.3) is 0 Å². The van der Waals surface area contributed by atoms with Crippen LogP contribution in [0, 0.1) is 0 Å². The molecule has 1 saturated carbocycles. The first-order valence-corrected chi connectivity index (χ1v) is 5.12. The molecule has 2 rings (SSSR count). The molecule has 1 aliphatic carbocycles. The highest BCUT2D eigenvalue weighted by atomic mass is 16.5. The van der Waals surface area contributed by atoms with Crippen molar-refractivity contribution >= 4 is 5.91 Å². The molecule has 5 N–H and O–H groups in total. The molecule has 0 aromatic rings. The minimum atomic E-state index is -0.309. The Hall–Kier alpha value is -0.650. The van der Waals surface area contributed by atoms with Crippen molar-refractivity contribution in [2.24, 2.45) is 11.5 Å². The quantitative estimate of drug-likeness (QED) is 0.527. The molecule has 0 aromatic heterocycles. The van der Waals surface area contributed by atoms with E-state index >= 15 is 0 Å². The van der Waals surface area contributed by atoms with Gasteiger partial charge in [-0.3, -0.25) is 4.79 Å². The van der Waals surface area contributed by atoms with Crippen molar-refractivity contribution in [1.29, 1.82) is 0 Å². The number of nitrogens with one attached hydrogen (secondary N) is 1. The van der Waals surface area contributed by atoms with Gasteiger partial charge in [-0.2, -0.15) is 0 Å². The Kier molecular flexibility index (Phi) is 2.71. The molecule has 2 unspecified atom stereocenters. The van der Waals surface area contributed by atoms with Crippen LogP contribution in [-0.2, 0) is 9.53 Å². The van der Waals surface area contributed by atoms with Gasteiger partial charge >= 0.3 is 0 Å². The minimum Gasteiger partial charge on any atom is -0.364 e. The lowest BCUT2D eigenvalue weighted by Gasteiger charge is -2.12. The van der Waals surface area contributed by atoms with Gasteiger partial charge in [0.1, 0.15) is 6.10 Å². The predicted molar refractivity (Wildman–Crippen MR) is 51.5 cm³/mol. The molecule has 14 heavy (non-hydrogen) atoms. The van der Waals surface area contributed by atoms with Crippen LogP contribution in [0.3, 0.4) is 0 Å².